The number of para-hydroxylation sites is 1. The van der Waals surface area contributed by atoms with Crippen molar-refractivity contribution in [1.82, 2.24) is 19.6 Å². The van der Waals surface area contributed by atoms with Crippen LogP contribution in [0.1, 0.15) is 27.3 Å². The van der Waals surface area contributed by atoms with E-state index in [2.05, 4.69) is 23.8 Å². The zero-order chi connectivity index (χ0) is 18.3. The van der Waals surface area contributed by atoms with E-state index in [4.69, 9.17) is 4.42 Å². The second-order valence-corrected chi connectivity index (χ2v) is 6.99. The van der Waals surface area contributed by atoms with Crippen LogP contribution in [-0.4, -0.2) is 51.7 Å². The summed E-state index contributed by atoms with van der Waals surface area (Å²) in [4.78, 5) is 17.2. The number of carbonyl (C=O) groups excluding carboxylic acids is 1. The molecule has 1 amide bonds. The molecule has 0 radical (unpaired) electrons. The van der Waals surface area contributed by atoms with Gasteiger partial charge in [-0.2, -0.15) is 5.10 Å². The first-order valence-corrected chi connectivity index (χ1v) is 9.01. The fourth-order valence-electron chi connectivity index (χ4n) is 3.69. The summed E-state index contributed by atoms with van der Waals surface area (Å²) in [6.45, 7) is 8.27. The number of aromatic nitrogens is 2. The number of carbonyl (C=O) groups is 1. The van der Waals surface area contributed by atoms with E-state index in [1.807, 2.05) is 40.9 Å². The molecule has 1 aliphatic heterocycles. The third-order valence-electron chi connectivity index (χ3n) is 5.41. The molecule has 6 nitrogen and oxygen atoms in total. The molecule has 0 N–H and O–H groups in total. The lowest BCUT2D eigenvalue weighted by molar-refractivity contribution is 0.0629. The SMILES string of the molecule is Cc1nn(C)c(C)c1CN1CCN(C(=O)c2coc3ccccc23)CC1. The van der Waals surface area contributed by atoms with Gasteiger partial charge in [0.15, 0.2) is 0 Å². The van der Waals surface area contributed by atoms with Crippen LogP contribution in [0.5, 0.6) is 0 Å². The summed E-state index contributed by atoms with van der Waals surface area (Å²) in [5.74, 6) is 0.0586. The van der Waals surface area contributed by atoms with Gasteiger partial charge in [-0.1, -0.05) is 18.2 Å². The minimum Gasteiger partial charge on any atom is -0.463 e. The largest absolute Gasteiger partial charge is 0.463 e. The van der Waals surface area contributed by atoms with Crippen LogP contribution in [0.2, 0.25) is 0 Å². The molecule has 1 saturated heterocycles. The van der Waals surface area contributed by atoms with Crippen molar-refractivity contribution in [2.24, 2.45) is 7.05 Å². The van der Waals surface area contributed by atoms with E-state index in [1.54, 1.807) is 6.26 Å². The molecule has 2 aromatic heterocycles. The number of fused-ring (bicyclic) bond motifs is 1. The molecule has 26 heavy (non-hydrogen) atoms. The van der Waals surface area contributed by atoms with Crippen molar-refractivity contribution in [3.05, 3.63) is 53.0 Å². The monoisotopic (exact) mass is 352 g/mol. The van der Waals surface area contributed by atoms with Crippen molar-refractivity contribution < 1.29 is 9.21 Å². The van der Waals surface area contributed by atoms with Crippen LogP contribution in [0.15, 0.2) is 34.9 Å². The van der Waals surface area contributed by atoms with Gasteiger partial charge in [-0.05, 0) is 19.9 Å². The minimum atomic E-state index is 0.0586. The highest BCUT2D eigenvalue weighted by Crippen LogP contribution is 2.23. The predicted molar refractivity (Wildman–Crippen MR) is 100 cm³/mol. The first-order valence-electron chi connectivity index (χ1n) is 9.01. The molecule has 1 fully saturated rings. The minimum absolute atomic E-state index is 0.0586. The molecule has 0 saturated carbocycles. The Morgan fingerprint density at radius 3 is 2.58 bits per heavy atom. The molecular weight excluding hydrogens is 328 g/mol. The lowest BCUT2D eigenvalue weighted by atomic mass is 10.1. The van der Waals surface area contributed by atoms with Gasteiger partial charge in [0.25, 0.3) is 5.91 Å². The van der Waals surface area contributed by atoms with Gasteiger partial charge in [-0.3, -0.25) is 14.4 Å². The van der Waals surface area contributed by atoms with Crippen molar-refractivity contribution in [2.45, 2.75) is 20.4 Å². The Morgan fingerprint density at radius 2 is 1.88 bits per heavy atom. The van der Waals surface area contributed by atoms with E-state index >= 15 is 0 Å². The van der Waals surface area contributed by atoms with Crippen LogP contribution < -0.4 is 0 Å². The predicted octanol–water partition coefficient (Wildman–Crippen LogP) is 2.74. The Morgan fingerprint density at radius 1 is 1.15 bits per heavy atom. The van der Waals surface area contributed by atoms with Gasteiger partial charge in [-0.15, -0.1) is 0 Å². The topological polar surface area (TPSA) is 54.5 Å². The van der Waals surface area contributed by atoms with Crippen LogP contribution in [0.4, 0.5) is 0 Å². The van der Waals surface area contributed by atoms with Crippen LogP contribution in [0, 0.1) is 13.8 Å². The molecular formula is C20H24N4O2. The lowest BCUT2D eigenvalue weighted by Crippen LogP contribution is -2.48. The third-order valence-corrected chi connectivity index (χ3v) is 5.41. The smallest absolute Gasteiger partial charge is 0.257 e. The number of piperazine rings is 1. The summed E-state index contributed by atoms with van der Waals surface area (Å²) in [6.07, 6.45) is 1.59. The summed E-state index contributed by atoms with van der Waals surface area (Å²) in [5.41, 5.74) is 5.03. The fraction of sp³-hybridized carbons (Fsp3) is 0.400. The maximum absolute atomic E-state index is 12.9. The van der Waals surface area contributed by atoms with E-state index in [1.165, 1.54) is 11.3 Å². The van der Waals surface area contributed by atoms with Crippen LogP contribution >= 0.6 is 0 Å². The van der Waals surface area contributed by atoms with Crippen LogP contribution in [0.25, 0.3) is 11.0 Å². The Labute approximate surface area is 153 Å². The summed E-state index contributed by atoms with van der Waals surface area (Å²) >= 11 is 0. The van der Waals surface area contributed by atoms with Crippen molar-refractivity contribution in [3.63, 3.8) is 0 Å². The van der Waals surface area contributed by atoms with Gasteiger partial charge in [0.1, 0.15) is 11.8 Å². The maximum Gasteiger partial charge on any atom is 0.257 e. The molecule has 136 valence electrons. The highest BCUT2D eigenvalue weighted by molar-refractivity contribution is 6.05. The van der Waals surface area contributed by atoms with Gasteiger partial charge in [0.05, 0.1) is 11.3 Å². The molecule has 0 bridgehead atoms. The summed E-state index contributed by atoms with van der Waals surface area (Å²) < 4.78 is 7.46. The normalized spacial score (nSPS) is 15.7. The number of hydrogen-bond donors (Lipinski definition) is 0. The molecule has 3 heterocycles. The summed E-state index contributed by atoms with van der Waals surface area (Å²) in [6, 6.07) is 7.69. The molecule has 6 heteroatoms. The standard InChI is InChI=1S/C20H24N4O2/c1-14-17(15(2)22(3)21-14)12-23-8-10-24(11-9-23)20(25)18-13-26-19-7-5-4-6-16(18)19/h4-7,13H,8-12H2,1-3H3. The molecule has 0 aliphatic carbocycles. The zero-order valence-electron chi connectivity index (χ0n) is 15.5. The van der Waals surface area contributed by atoms with E-state index in [9.17, 15) is 4.79 Å². The lowest BCUT2D eigenvalue weighted by Gasteiger charge is -2.34. The molecule has 4 rings (SSSR count). The number of aryl methyl sites for hydroxylation is 2. The van der Waals surface area contributed by atoms with Gasteiger partial charge < -0.3 is 9.32 Å². The van der Waals surface area contributed by atoms with E-state index < -0.39 is 0 Å². The maximum atomic E-state index is 12.9. The summed E-state index contributed by atoms with van der Waals surface area (Å²) in [7, 11) is 1.98. The Kier molecular flexibility index (Phi) is 4.28. The first-order chi connectivity index (χ1) is 12.5. The molecule has 1 aliphatic rings. The molecule has 0 unspecified atom stereocenters. The molecule has 0 spiro atoms. The Hall–Kier alpha value is -2.60. The van der Waals surface area contributed by atoms with Crippen molar-refractivity contribution >= 4 is 16.9 Å². The number of hydrogen-bond acceptors (Lipinski definition) is 4. The Balaban J connectivity index is 1.42. The highest BCUT2D eigenvalue weighted by Gasteiger charge is 2.25. The van der Waals surface area contributed by atoms with Crippen molar-refractivity contribution in [1.29, 1.82) is 0 Å². The summed E-state index contributed by atoms with van der Waals surface area (Å²) in [5, 5.41) is 5.39. The third kappa shape index (κ3) is 2.90. The van der Waals surface area contributed by atoms with Gasteiger partial charge in [-0.25, -0.2) is 0 Å². The van der Waals surface area contributed by atoms with E-state index in [0.29, 0.717) is 5.56 Å². The number of furan rings is 1. The number of amides is 1. The zero-order valence-corrected chi connectivity index (χ0v) is 15.5. The Bertz CT molecular complexity index is 948. The van der Waals surface area contributed by atoms with Crippen LogP contribution in [0.3, 0.4) is 0 Å². The number of rotatable bonds is 3. The van der Waals surface area contributed by atoms with Gasteiger partial charge in [0, 0.05) is 56.4 Å². The van der Waals surface area contributed by atoms with Gasteiger partial charge in [0.2, 0.25) is 0 Å². The average molecular weight is 352 g/mol. The van der Waals surface area contributed by atoms with Crippen molar-refractivity contribution in [2.75, 3.05) is 26.2 Å². The molecule has 1 aromatic carbocycles. The average Bonchev–Trinajstić information content (AvgIpc) is 3.18. The van der Waals surface area contributed by atoms with Gasteiger partial charge >= 0.3 is 0 Å². The highest BCUT2D eigenvalue weighted by atomic mass is 16.3. The van der Waals surface area contributed by atoms with E-state index in [-0.39, 0.29) is 5.91 Å². The second kappa shape index (κ2) is 6.61. The van der Waals surface area contributed by atoms with E-state index in [0.717, 1.165) is 49.4 Å². The quantitative estimate of drug-likeness (QED) is 0.727. The van der Waals surface area contributed by atoms with Crippen LogP contribution in [-0.2, 0) is 13.6 Å². The molecule has 0 atom stereocenters. The number of nitrogens with zero attached hydrogens (tertiary/aromatic N) is 4. The fourth-order valence-corrected chi connectivity index (χ4v) is 3.69. The second-order valence-electron chi connectivity index (χ2n) is 6.99. The first kappa shape index (κ1) is 16.8. The molecule has 3 aromatic rings. The number of benzene rings is 1. The van der Waals surface area contributed by atoms with Crippen molar-refractivity contribution in [3.8, 4) is 0 Å².